The SMILES string of the molecule is CC1CC(C)CN(c2nnc(SCc3nnc(Cc4ccccc4)o3)n2Cc2ccco2)C1. The van der Waals surface area contributed by atoms with Crippen molar-refractivity contribution < 1.29 is 8.83 Å². The lowest BCUT2D eigenvalue weighted by Crippen LogP contribution is -2.40. The third kappa shape index (κ3) is 5.30. The zero-order valence-electron chi connectivity index (χ0n) is 18.9. The monoisotopic (exact) mass is 464 g/mol. The molecule has 1 aromatic carbocycles. The maximum atomic E-state index is 5.88. The molecule has 9 heteroatoms. The topological polar surface area (TPSA) is 86.0 Å². The Morgan fingerprint density at radius 1 is 0.939 bits per heavy atom. The number of furan rings is 1. The maximum Gasteiger partial charge on any atom is 0.228 e. The molecule has 5 rings (SSSR count). The highest BCUT2D eigenvalue weighted by molar-refractivity contribution is 7.98. The Hall–Kier alpha value is -3.07. The summed E-state index contributed by atoms with van der Waals surface area (Å²) in [4.78, 5) is 2.35. The summed E-state index contributed by atoms with van der Waals surface area (Å²) < 4.78 is 13.6. The van der Waals surface area contributed by atoms with E-state index in [9.17, 15) is 0 Å². The fraction of sp³-hybridized carbons (Fsp3) is 0.417. The van der Waals surface area contributed by atoms with Gasteiger partial charge in [-0.1, -0.05) is 55.9 Å². The first-order chi connectivity index (χ1) is 16.1. The van der Waals surface area contributed by atoms with Crippen LogP contribution in [-0.4, -0.2) is 38.1 Å². The number of piperidine rings is 1. The van der Waals surface area contributed by atoms with E-state index in [1.54, 1.807) is 18.0 Å². The molecule has 0 radical (unpaired) electrons. The predicted molar refractivity (Wildman–Crippen MR) is 126 cm³/mol. The van der Waals surface area contributed by atoms with E-state index < -0.39 is 0 Å². The highest BCUT2D eigenvalue weighted by Crippen LogP contribution is 2.30. The first kappa shape index (κ1) is 21.8. The van der Waals surface area contributed by atoms with Crippen LogP contribution >= 0.6 is 11.8 Å². The van der Waals surface area contributed by atoms with Crippen LogP contribution in [0.5, 0.6) is 0 Å². The summed E-state index contributed by atoms with van der Waals surface area (Å²) in [6.45, 7) is 7.15. The maximum absolute atomic E-state index is 5.88. The number of hydrogen-bond donors (Lipinski definition) is 0. The average molecular weight is 465 g/mol. The lowest BCUT2D eigenvalue weighted by molar-refractivity contribution is 0.350. The van der Waals surface area contributed by atoms with Crippen LogP contribution in [0, 0.1) is 11.8 Å². The van der Waals surface area contributed by atoms with Gasteiger partial charge < -0.3 is 13.7 Å². The van der Waals surface area contributed by atoms with Gasteiger partial charge in [0.25, 0.3) is 0 Å². The van der Waals surface area contributed by atoms with Gasteiger partial charge in [-0.05, 0) is 36.0 Å². The minimum Gasteiger partial charge on any atom is -0.467 e. The summed E-state index contributed by atoms with van der Waals surface area (Å²) in [6, 6.07) is 14.0. The van der Waals surface area contributed by atoms with Crippen molar-refractivity contribution in [2.75, 3.05) is 18.0 Å². The molecular formula is C24H28N6O2S. The number of anilines is 1. The van der Waals surface area contributed by atoms with E-state index in [0.29, 0.717) is 42.3 Å². The molecule has 3 aromatic heterocycles. The number of nitrogens with zero attached hydrogens (tertiary/aromatic N) is 6. The summed E-state index contributed by atoms with van der Waals surface area (Å²) >= 11 is 1.55. The van der Waals surface area contributed by atoms with Gasteiger partial charge >= 0.3 is 0 Å². The largest absolute Gasteiger partial charge is 0.467 e. The highest BCUT2D eigenvalue weighted by atomic mass is 32.2. The van der Waals surface area contributed by atoms with Gasteiger partial charge in [0.05, 0.1) is 25.0 Å². The van der Waals surface area contributed by atoms with Gasteiger partial charge in [-0.2, -0.15) is 0 Å². The zero-order valence-corrected chi connectivity index (χ0v) is 19.7. The lowest BCUT2D eigenvalue weighted by Gasteiger charge is -2.35. The Morgan fingerprint density at radius 2 is 1.73 bits per heavy atom. The van der Waals surface area contributed by atoms with E-state index >= 15 is 0 Å². The van der Waals surface area contributed by atoms with E-state index in [2.05, 4.69) is 55.8 Å². The van der Waals surface area contributed by atoms with E-state index in [1.165, 1.54) is 6.42 Å². The number of thioether (sulfide) groups is 1. The van der Waals surface area contributed by atoms with Crippen molar-refractivity contribution in [1.29, 1.82) is 0 Å². The van der Waals surface area contributed by atoms with Crippen LogP contribution in [0.2, 0.25) is 0 Å². The lowest BCUT2D eigenvalue weighted by atomic mass is 9.92. The number of benzene rings is 1. The van der Waals surface area contributed by atoms with Crippen molar-refractivity contribution in [2.24, 2.45) is 11.8 Å². The smallest absolute Gasteiger partial charge is 0.228 e. The number of hydrogen-bond acceptors (Lipinski definition) is 8. The van der Waals surface area contributed by atoms with Gasteiger partial charge in [-0.3, -0.25) is 4.57 Å². The van der Waals surface area contributed by atoms with E-state index in [0.717, 1.165) is 35.5 Å². The summed E-state index contributed by atoms with van der Waals surface area (Å²) in [5.41, 5.74) is 1.15. The molecule has 1 aliphatic heterocycles. The van der Waals surface area contributed by atoms with E-state index in [1.807, 2.05) is 30.3 Å². The Morgan fingerprint density at radius 3 is 2.48 bits per heavy atom. The molecule has 0 amide bonds. The number of aromatic nitrogens is 5. The van der Waals surface area contributed by atoms with Gasteiger partial charge in [-0.15, -0.1) is 20.4 Å². The van der Waals surface area contributed by atoms with Crippen LogP contribution in [-0.2, 0) is 18.7 Å². The van der Waals surface area contributed by atoms with E-state index in [4.69, 9.17) is 8.83 Å². The van der Waals surface area contributed by atoms with Gasteiger partial charge in [0.1, 0.15) is 5.76 Å². The minimum atomic E-state index is 0.533. The molecular weight excluding hydrogens is 436 g/mol. The second kappa shape index (κ2) is 9.82. The average Bonchev–Trinajstić information content (AvgIpc) is 3.55. The molecule has 1 aliphatic rings. The Kier molecular flexibility index (Phi) is 6.48. The fourth-order valence-electron chi connectivity index (χ4n) is 4.46. The molecule has 1 fully saturated rings. The summed E-state index contributed by atoms with van der Waals surface area (Å²) in [6.07, 6.45) is 3.57. The molecule has 2 unspecified atom stereocenters. The van der Waals surface area contributed by atoms with Crippen LogP contribution in [0.15, 0.2) is 62.7 Å². The molecule has 4 heterocycles. The molecule has 33 heavy (non-hydrogen) atoms. The molecule has 172 valence electrons. The van der Waals surface area contributed by atoms with Crippen molar-refractivity contribution in [1.82, 2.24) is 25.0 Å². The van der Waals surface area contributed by atoms with Crippen LogP contribution < -0.4 is 4.90 Å². The zero-order chi connectivity index (χ0) is 22.6. The molecule has 0 spiro atoms. The standard InChI is InChI=1S/C24H28N6O2S/c1-17-11-18(2)14-29(13-17)23-27-28-24(30(23)15-20-9-6-10-31-20)33-16-22-26-25-21(32-22)12-19-7-4-3-5-8-19/h3-10,17-18H,11-16H2,1-2H3. The Labute approximate surface area is 197 Å². The van der Waals surface area contributed by atoms with Crippen molar-refractivity contribution in [3.63, 3.8) is 0 Å². The first-order valence-electron chi connectivity index (χ1n) is 11.3. The normalized spacial score (nSPS) is 18.7. The third-order valence-electron chi connectivity index (χ3n) is 5.77. The van der Waals surface area contributed by atoms with Crippen LogP contribution in [0.4, 0.5) is 5.95 Å². The minimum absolute atomic E-state index is 0.533. The summed E-state index contributed by atoms with van der Waals surface area (Å²) in [5.74, 6) is 4.75. The van der Waals surface area contributed by atoms with Gasteiger partial charge in [0.15, 0.2) is 5.16 Å². The highest BCUT2D eigenvalue weighted by Gasteiger charge is 2.27. The fourth-order valence-corrected chi connectivity index (χ4v) is 5.23. The third-order valence-corrected chi connectivity index (χ3v) is 6.73. The van der Waals surface area contributed by atoms with Crippen LogP contribution in [0.25, 0.3) is 0 Å². The van der Waals surface area contributed by atoms with Crippen molar-refractivity contribution in [3.8, 4) is 0 Å². The summed E-state index contributed by atoms with van der Waals surface area (Å²) in [5, 5.41) is 18.3. The van der Waals surface area contributed by atoms with Crippen LogP contribution in [0.3, 0.4) is 0 Å². The first-order valence-corrected chi connectivity index (χ1v) is 12.3. The molecule has 8 nitrogen and oxygen atoms in total. The van der Waals surface area contributed by atoms with Gasteiger partial charge in [-0.25, -0.2) is 0 Å². The predicted octanol–water partition coefficient (Wildman–Crippen LogP) is 4.67. The second-order valence-corrected chi connectivity index (χ2v) is 9.78. The van der Waals surface area contributed by atoms with Gasteiger partial charge in [0, 0.05) is 13.1 Å². The Bertz CT molecular complexity index is 1150. The second-order valence-electron chi connectivity index (χ2n) is 8.84. The van der Waals surface area contributed by atoms with Crippen molar-refractivity contribution >= 4 is 17.7 Å². The Balaban J connectivity index is 1.32. The van der Waals surface area contributed by atoms with Gasteiger partial charge in [0.2, 0.25) is 17.7 Å². The molecule has 0 N–H and O–H groups in total. The molecule has 0 saturated carbocycles. The number of rotatable bonds is 8. The van der Waals surface area contributed by atoms with E-state index in [-0.39, 0.29) is 0 Å². The molecule has 0 aliphatic carbocycles. The van der Waals surface area contributed by atoms with Crippen molar-refractivity contribution in [2.45, 2.75) is 44.1 Å². The van der Waals surface area contributed by atoms with Crippen molar-refractivity contribution in [3.05, 3.63) is 71.8 Å². The molecule has 2 atom stereocenters. The quantitative estimate of drug-likeness (QED) is 0.348. The molecule has 1 saturated heterocycles. The molecule has 4 aromatic rings. The van der Waals surface area contributed by atoms with Crippen LogP contribution in [0.1, 0.15) is 43.4 Å². The molecule has 0 bridgehead atoms. The summed E-state index contributed by atoms with van der Waals surface area (Å²) in [7, 11) is 0.